The van der Waals surface area contributed by atoms with Crippen LogP contribution >= 0.6 is 0 Å². The number of hydrogen-bond acceptors (Lipinski definition) is 4. The first kappa shape index (κ1) is 14.8. The molecule has 1 N–H and O–H groups in total. The summed E-state index contributed by atoms with van der Waals surface area (Å²) in [7, 11) is 0. The molecule has 2 atom stereocenters. The minimum absolute atomic E-state index is 0.00783. The minimum Gasteiger partial charge on any atom is -0.511 e. The van der Waals surface area contributed by atoms with E-state index in [1.54, 1.807) is 6.08 Å². The van der Waals surface area contributed by atoms with Crippen molar-refractivity contribution in [3.63, 3.8) is 0 Å². The van der Waals surface area contributed by atoms with Crippen LogP contribution in [0.1, 0.15) is 45.4 Å². The molecule has 4 nitrogen and oxygen atoms in total. The van der Waals surface area contributed by atoms with E-state index < -0.39 is 0 Å². The predicted octanol–water partition coefficient (Wildman–Crippen LogP) is 3.55. The molecule has 0 bridgehead atoms. The van der Waals surface area contributed by atoms with Gasteiger partial charge in [-0.05, 0) is 25.2 Å². The number of carbonyl (C=O) groups is 1. The van der Waals surface area contributed by atoms with E-state index in [0.29, 0.717) is 36.7 Å². The second-order valence-corrected chi connectivity index (χ2v) is 5.51. The number of rotatable bonds is 5. The number of hydrogen-bond donors (Lipinski definition) is 1. The van der Waals surface area contributed by atoms with Gasteiger partial charge in [-0.2, -0.15) is 0 Å². The highest BCUT2D eigenvalue weighted by Crippen LogP contribution is 2.41. The molecule has 2 rings (SSSR count). The van der Waals surface area contributed by atoms with E-state index in [1.165, 1.54) is 0 Å². The first-order valence-corrected chi connectivity index (χ1v) is 7.45. The lowest BCUT2D eigenvalue weighted by atomic mass is 9.70. The average Bonchev–Trinajstić information content (AvgIpc) is 2.45. The lowest BCUT2D eigenvalue weighted by Crippen LogP contribution is -2.33. The van der Waals surface area contributed by atoms with Crippen molar-refractivity contribution in [1.82, 2.24) is 0 Å². The van der Waals surface area contributed by atoms with Crippen molar-refractivity contribution in [2.45, 2.75) is 45.4 Å². The molecular formula is C16H23NO3. The summed E-state index contributed by atoms with van der Waals surface area (Å²) in [5, 5.41) is 14.5. The van der Waals surface area contributed by atoms with Crippen LogP contribution in [0.15, 0.2) is 29.1 Å². The first-order chi connectivity index (χ1) is 9.69. The first-order valence-electron chi connectivity index (χ1n) is 7.45. The monoisotopic (exact) mass is 277 g/mol. The quantitative estimate of drug-likeness (QED) is 0.362. The van der Waals surface area contributed by atoms with Crippen LogP contribution in [0, 0.1) is 11.8 Å². The van der Waals surface area contributed by atoms with Gasteiger partial charge in [-0.1, -0.05) is 37.6 Å². The molecule has 2 unspecified atom stereocenters. The lowest BCUT2D eigenvalue weighted by molar-refractivity contribution is -0.117. The Hall–Kier alpha value is -1.58. The van der Waals surface area contributed by atoms with Gasteiger partial charge in [0.1, 0.15) is 12.4 Å². The molecule has 0 spiro atoms. The highest BCUT2D eigenvalue weighted by molar-refractivity contribution is 6.23. The van der Waals surface area contributed by atoms with Gasteiger partial charge < -0.3 is 9.94 Å². The van der Waals surface area contributed by atoms with Crippen LogP contribution in [0.5, 0.6) is 0 Å². The highest BCUT2D eigenvalue weighted by Gasteiger charge is 2.39. The van der Waals surface area contributed by atoms with Gasteiger partial charge in [-0.15, -0.1) is 0 Å². The van der Waals surface area contributed by atoms with Gasteiger partial charge in [0.05, 0.1) is 11.3 Å². The molecule has 0 heterocycles. The molecular weight excluding hydrogens is 254 g/mol. The van der Waals surface area contributed by atoms with Crippen LogP contribution in [0.25, 0.3) is 0 Å². The molecule has 0 saturated heterocycles. The molecule has 0 aromatic heterocycles. The van der Waals surface area contributed by atoms with Crippen molar-refractivity contribution >= 4 is 11.5 Å². The van der Waals surface area contributed by atoms with E-state index in [0.717, 1.165) is 25.7 Å². The highest BCUT2D eigenvalue weighted by atomic mass is 16.6. The third kappa shape index (κ3) is 2.94. The van der Waals surface area contributed by atoms with Crippen molar-refractivity contribution in [1.29, 1.82) is 0 Å². The van der Waals surface area contributed by atoms with E-state index in [9.17, 15) is 9.90 Å². The van der Waals surface area contributed by atoms with Gasteiger partial charge in [0.25, 0.3) is 0 Å². The summed E-state index contributed by atoms with van der Waals surface area (Å²) in [4.78, 5) is 17.4. The summed E-state index contributed by atoms with van der Waals surface area (Å²) < 4.78 is 0. The number of ketones is 1. The molecule has 1 saturated carbocycles. The van der Waals surface area contributed by atoms with E-state index in [1.807, 2.05) is 6.92 Å². The number of aliphatic hydroxyl groups excluding tert-OH is 1. The molecule has 0 radical (unpaired) electrons. The number of allylic oxidation sites excluding steroid dienone is 2. The molecule has 0 aromatic rings. The largest absolute Gasteiger partial charge is 0.511 e. The van der Waals surface area contributed by atoms with E-state index in [-0.39, 0.29) is 17.5 Å². The topological polar surface area (TPSA) is 58.9 Å². The average molecular weight is 277 g/mol. The summed E-state index contributed by atoms with van der Waals surface area (Å²) >= 11 is 0. The van der Waals surface area contributed by atoms with Crippen LogP contribution in [0.2, 0.25) is 0 Å². The maximum Gasteiger partial charge on any atom is 0.168 e. The maximum absolute atomic E-state index is 12.3. The zero-order chi connectivity index (χ0) is 14.5. The fourth-order valence-electron chi connectivity index (χ4n) is 3.24. The number of nitrogens with zero attached hydrogens (tertiary/aromatic N) is 1. The Morgan fingerprint density at radius 1 is 1.50 bits per heavy atom. The Balaban J connectivity index is 2.28. The molecule has 1 fully saturated rings. The minimum atomic E-state index is 0.00783. The molecule has 2 aliphatic carbocycles. The van der Waals surface area contributed by atoms with Crippen LogP contribution in [0.4, 0.5) is 0 Å². The number of aliphatic hydroxyl groups is 1. The number of oxime groups is 1. The molecule has 4 heteroatoms. The second kappa shape index (κ2) is 6.73. The van der Waals surface area contributed by atoms with E-state index in [4.69, 9.17) is 4.84 Å². The number of fused-ring (bicyclic) bond motifs is 1. The smallest absolute Gasteiger partial charge is 0.168 e. The van der Waals surface area contributed by atoms with Crippen LogP contribution in [0.3, 0.4) is 0 Å². The van der Waals surface area contributed by atoms with Crippen molar-refractivity contribution in [2.24, 2.45) is 17.0 Å². The van der Waals surface area contributed by atoms with Gasteiger partial charge in [-0.3, -0.25) is 4.79 Å². The van der Waals surface area contributed by atoms with Crippen LogP contribution in [-0.4, -0.2) is 23.2 Å². The van der Waals surface area contributed by atoms with Gasteiger partial charge in [-0.25, -0.2) is 0 Å². The second-order valence-electron chi connectivity index (χ2n) is 5.51. The standard InChI is InChI=1S/C16H23NO3/c1-3-9-20-17-13(4-2)15-14(18)10-11-7-5-6-8-12(11)16(15)19/h3,11-12,19H,1,4-10H2,2H3. The molecule has 2 aliphatic rings. The molecule has 20 heavy (non-hydrogen) atoms. The summed E-state index contributed by atoms with van der Waals surface area (Å²) in [6.07, 6.45) is 7.00. The fourth-order valence-corrected chi connectivity index (χ4v) is 3.24. The van der Waals surface area contributed by atoms with Gasteiger partial charge >= 0.3 is 0 Å². The third-order valence-electron chi connectivity index (χ3n) is 4.23. The normalized spacial score (nSPS) is 27.2. The van der Waals surface area contributed by atoms with Gasteiger partial charge in [0.15, 0.2) is 5.78 Å². The van der Waals surface area contributed by atoms with E-state index >= 15 is 0 Å². The number of Topliss-reactive ketones (excluding diaryl/α,β-unsaturated/α-hetero) is 1. The zero-order valence-electron chi connectivity index (χ0n) is 12.1. The predicted molar refractivity (Wildman–Crippen MR) is 78.6 cm³/mol. The summed E-state index contributed by atoms with van der Waals surface area (Å²) in [5.41, 5.74) is 0.957. The van der Waals surface area contributed by atoms with Crippen molar-refractivity contribution in [3.8, 4) is 0 Å². The molecule has 0 aliphatic heterocycles. The molecule has 110 valence electrons. The Kier molecular flexibility index (Phi) is 4.99. The Labute approximate surface area is 120 Å². The number of carbonyl (C=O) groups excluding carboxylic acids is 1. The maximum atomic E-state index is 12.3. The summed E-state index contributed by atoms with van der Waals surface area (Å²) in [5.74, 6) is 0.696. The Bertz CT molecular complexity index is 451. The fraction of sp³-hybridized carbons (Fsp3) is 0.625. The Morgan fingerprint density at radius 2 is 2.25 bits per heavy atom. The van der Waals surface area contributed by atoms with Crippen molar-refractivity contribution in [2.75, 3.05) is 6.61 Å². The SMILES string of the molecule is C=CCON=C(CC)C1=C(O)C2CCCCC2CC1=O. The van der Waals surface area contributed by atoms with Gasteiger partial charge in [0.2, 0.25) is 0 Å². The zero-order valence-corrected chi connectivity index (χ0v) is 12.1. The van der Waals surface area contributed by atoms with E-state index in [2.05, 4.69) is 11.7 Å². The lowest BCUT2D eigenvalue weighted by Gasteiger charge is -2.35. The van der Waals surface area contributed by atoms with Gasteiger partial charge in [0, 0.05) is 12.3 Å². The summed E-state index contributed by atoms with van der Waals surface area (Å²) in [6, 6.07) is 0. The molecule has 0 amide bonds. The van der Waals surface area contributed by atoms with Crippen molar-refractivity contribution in [3.05, 3.63) is 24.0 Å². The Morgan fingerprint density at radius 3 is 2.95 bits per heavy atom. The molecule has 0 aromatic carbocycles. The third-order valence-corrected chi connectivity index (χ3v) is 4.23. The summed E-state index contributed by atoms with van der Waals surface area (Å²) in [6.45, 7) is 5.77. The van der Waals surface area contributed by atoms with Crippen molar-refractivity contribution < 1.29 is 14.7 Å². The van der Waals surface area contributed by atoms with Crippen LogP contribution in [-0.2, 0) is 9.63 Å². The van der Waals surface area contributed by atoms with Crippen LogP contribution < -0.4 is 0 Å².